The third-order valence-corrected chi connectivity index (χ3v) is 5.52. The van der Waals surface area contributed by atoms with E-state index in [4.69, 9.17) is 0 Å². The Morgan fingerprint density at radius 3 is 2.54 bits per heavy atom. The minimum absolute atomic E-state index is 0.0221. The first-order valence-corrected chi connectivity index (χ1v) is 9.23. The van der Waals surface area contributed by atoms with Crippen molar-refractivity contribution in [2.75, 3.05) is 23.0 Å². The van der Waals surface area contributed by atoms with Gasteiger partial charge in [0.25, 0.3) is 0 Å². The SMILES string of the molecule is CC(=O)N(CCC(=O)NC1CCS(=O)(=O)C1)c1ccc(F)c(F)c1. The quantitative estimate of drug-likeness (QED) is 0.850. The predicted molar refractivity (Wildman–Crippen MR) is 84.2 cm³/mol. The molecular weight excluding hydrogens is 342 g/mol. The number of benzene rings is 1. The summed E-state index contributed by atoms with van der Waals surface area (Å²) in [6.07, 6.45) is 0.294. The van der Waals surface area contributed by atoms with E-state index >= 15 is 0 Å². The van der Waals surface area contributed by atoms with E-state index in [0.717, 1.165) is 17.0 Å². The zero-order valence-electron chi connectivity index (χ0n) is 13.1. The van der Waals surface area contributed by atoms with Crippen molar-refractivity contribution in [2.45, 2.75) is 25.8 Å². The van der Waals surface area contributed by atoms with E-state index < -0.39 is 39.3 Å². The molecule has 0 radical (unpaired) electrons. The van der Waals surface area contributed by atoms with Gasteiger partial charge in [-0.2, -0.15) is 0 Å². The van der Waals surface area contributed by atoms with Crippen molar-refractivity contribution in [3.63, 3.8) is 0 Å². The molecule has 1 heterocycles. The number of sulfone groups is 1. The fourth-order valence-electron chi connectivity index (χ4n) is 2.54. The van der Waals surface area contributed by atoms with Crippen molar-refractivity contribution in [1.82, 2.24) is 5.32 Å². The first-order chi connectivity index (χ1) is 11.2. The lowest BCUT2D eigenvalue weighted by atomic mass is 10.2. The third kappa shape index (κ3) is 4.73. The summed E-state index contributed by atoms with van der Waals surface area (Å²) in [6.45, 7) is 1.23. The van der Waals surface area contributed by atoms with Gasteiger partial charge >= 0.3 is 0 Å². The van der Waals surface area contributed by atoms with E-state index in [1.165, 1.54) is 13.0 Å². The van der Waals surface area contributed by atoms with Gasteiger partial charge in [-0.1, -0.05) is 0 Å². The zero-order chi connectivity index (χ0) is 17.9. The van der Waals surface area contributed by atoms with Gasteiger partial charge in [0.15, 0.2) is 21.5 Å². The average molecular weight is 360 g/mol. The van der Waals surface area contributed by atoms with Gasteiger partial charge in [0.2, 0.25) is 11.8 Å². The van der Waals surface area contributed by atoms with Crippen LogP contribution in [0.3, 0.4) is 0 Å². The molecule has 24 heavy (non-hydrogen) atoms. The minimum atomic E-state index is -3.09. The Morgan fingerprint density at radius 1 is 1.29 bits per heavy atom. The first-order valence-electron chi connectivity index (χ1n) is 7.41. The molecule has 1 fully saturated rings. The fourth-order valence-corrected chi connectivity index (χ4v) is 4.22. The van der Waals surface area contributed by atoms with E-state index in [9.17, 15) is 26.8 Å². The molecule has 1 aromatic carbocycles. The largest absolute Gasteiger partial charge is 0.352 e. The number of nitrogens with zero attached hydrogens (tertiary/aromatic N) is 1. The van der Waals surface area contributed by atoms with Gasteiger partial charge in [-0.15, -0.1) is 0 Å². The van der Waals surface area contributed by atoms with Crippen molar-refractivity contribution < 1.29 is 26.8 Å². The van der Waals surface area contributed by atoms with Gasteiger partial charge in [0, 0.05) is 37.7 Å². The Bertz CT molecular complexity index is 752. The highest BCUT2D eigenvalue weighted by Crippen LogP contribution is 2.18. The summed E-state index contributed by atoms with van der Waals surface area (Å²) in [7, 11) is -3.09. The van der Waals surface area contributed by atoms with Crippen molar-refractivity contribution in [3.05, 3.63) is 29.8 Å². The molecule has 0 aliphatic carbocycles. The van der Waals surface area contributed by atoms with E-state index in [-0.39, 0.29) is 30.2 Å². The Kier molecular flexibility index (Phi) is 5.53. The Morgan fingerprint density at radius 2 is 2.00 bits per heavy atom. The van der Waals surface area contributed by atoms with Crippen molar-refractivity contribution in [2.24, 2.45) is 0 Å². The number of hydrogen-bond donors (Lipinski definition) is 1. The summed E-state index contributed by atoms with van der Waals surface area (Å²) in [4.78, 5) is 24.8. The summed E-state index contributed by atoms with van der Waals surface area (Å²) in [5.41, 5.74) is 0.151. The number of carbonyl (C=O) groups excluding carboxylic acids is 2. The molecule has 6 nitrogen and oxygen atoms in total. The van der Waals surface area contributed by atoms with Crippen molar-refractivity contribution >= 4 is 27.3 Å². The van der Waals surface area contributed by atoms with Gasteiger partial charge in [-0.3, -0.25) is 9.59 Å². The molecule has 0 aromatic heterocycles. The van der Waals surface area contributed by atoms with Crippen LogP contribution in [0.5, 0.6) is 0 Å². The van der Waals surface area contributed by atoms with Crippen LogP contribution < -0.4 is 10.2 Å². The lowest BCUT2D eigenvalue weighted by Crippen LogP contribution is -2.38. The molecule has 1 unspecified atom stereocenters. The Labute approximate surface area is 138 Å². The second kappa shape index (κ2) is 7.25. The lowest BCUT2D eigenvalue weighted by molar-refractivity contribution is -0.121. The van der Waals surface area contributed by atoms with Gasteiger partial charge in [0.05, 0.1) is 11.5 Å². The molecule has 2 rings (SSSR count). The number of carbonyl (C=O) groups is 2. The number of amides is 2. The maximum Gasteiger partial charge on any atom is 0.223 e. The molecule has 0 bridgehead atoms. The molecule has 0 saturated carbocycles. The van der Waals surface area contributed by atoms with Crippen LogP contribution in [0.15, 0.2) is 18.2 Å². The highest BCUT2D eigenvalue weighted by Gasteiger charge is 2.29. The topological polar surface area (TPSA) is 83.6 Å². The highest BCUT2D eigenvalue weighted by atomic mass is 32.2. The van der Waals surface area contributed by atoms with E-state index in [1.807, 2.05) is 0 Å². The molecule has 0 spiro atoms. The molecule has 2 amide bonds. The number of anilines is 1. The molecule has 1 atom stereocenters. The molecule has 1 N–H and O–H groups in total. The van der Waals surface area contributed by atoms with Gasteiger partial charge in [-0.05, 0) is 18.6 Å². The van der Waals surface area contributed by atoms with Crippen LogP contribution in [0.1, 0.15) is 19.8 Å². The van der Waals surface area contributed by atoms with Gasteiger partial charge in [0.1, 0.15) is 0 Å². The monoisotopic (exact) mass is 360 g/mol. The van der Waals surface area contributed by atoms with E-state index in [2.05, 4.69) is 5.32 Å². The normalized spacial score (nSPS) is 19.0. The van der Waals surface area contributed by atoms with Gasteiger partial charge < -0.3 is 10.2 Å². The molecule has 1 aliphatic heterocycles. The molecule has 132 valence electrons. The summed E-state index contributed by atoms with van der Waals surface area (Å²) in [5.74, 6) is -2.96. The zero-order valence-corrected chi connectivity index (χ0v) is 13.9. The number of halogens is 2. The summed E-state index contributed by atoms with van der Waals surface area (Å²) >= 11 is 0. The van der Waals surface area contributed by atoms with Gasteiger partial charge in [-0.25, -0.2) is 17.2 Å². The third-order valence-electron chi connectivity index (χ3n) is 3.75. The number of rotatable bonds is 5. The van der Waals surface area contributed by atoms with Crippen molar-refractivity contribution in [1.29, 1.82) is 0 Å². The maximum absolute atomic E-state index is 13.3. The molecule has 1 aliphatic rings. The average Bonchev–Trinajstić information content (AvgIpc) is 2.81. The Balaban J connectivity index is 1.95. The second-order valence-corrected chi connectivity index (χ2v) is 7.92. The lowest BCUT2D eigenvalue weighted by Gasteiger charge is -2.21. The number of hydrogen-bond acceptors (Lipinski definition) is 4. The van der Waals surface area contributed by atoms with Crippen LogP contribution in [0.4, 0.5) is 14.5 Å². The number of nitrogens with one attached hydrogen (secondary N) is 1. The molecule has 9 heteroatoms. The summed E-state index contributed by atoms with van der Waals surface area (Å²) in [6, 6.07) is 2.63. The molecule has 1 saturated heterocycles. The minimum Gasteiger partial charge on any atom is -0.352 e. The predicted octanol–water partition coefficient (Wildman–Crippen LogP) is 1.01. The second-order valence-electron chi connectivity index (χ2n) is 5.69. The standard InChI is InChI=1S/C15H18F2N2O4S/c1-10(20)19(12-2-3-13(16)14(17)8-12)6-4-15(21)18-11-5-7-24(22,23)9-11/h2-3,8,11H,4-7,9H2,1H3,(H,18,21). The van der Waals surface area contributed by atoms with Crippen LogP contribution in [-0.2, 0) is 19.4 Å². The summed E-state index contributed by atoms with van der Waals surface area (Å²) in [5, 5.41) is 2.61. The highest BCUT2D eigenvalue weighted by molar-refractivity contribution is 7.91. The first kappa shape index (κ1) is 18.3. The van der Waals surface area contributed by atoms with Crippen LogP contribution in [0, 0.1) is 11.6 Å². The Hall–Kier alpha value is -2.03. The van der Waals surface area contributed by atoms with E-state index in [1.54, 1.807) is 0 Å². The summed E-state index contributed by atoms with van der Waals surface area (Å²) < 4.78 is 49.0. The maximum atomic E-state index is 13.3. The van der Waals surface area contributed by atoms with Crippen molar-refractivity contribution in [3.8, 4) is 0 Å². The van der Waals surface area contributed by atoms with Crippen LogP contribution in [-0.4, -0.2) is 44.3 Å². The van der Waals surface area contributed by atoms with E-state index in [0.29, 0.717) is 6.42 Å². The van der Waals surface area contributed by atoms with Crippen LogP contribution in [0.25, 0.3) is 0 Å². The molecule has 1 aromatic rings. The van der Waals surface area contributed by atoms with Crippen LogP contribution in [0.2, 0.25) is 0 Å². The smallest absolute Gasteiger partial charge is 0.223 e. The molecular formula is C15H18F2N2O4S. The fraction of sp³-hybridized carbons (Fsp3) is 0.467. The van der Waals surface area contributed by atoms with Crippen LogP contribution >= 0.6 is 0 Å².